The fourth-order valence-corrected chi connectivity index (χ4v) is 3.14. The number of carbonyl (C=O) groups is 2. The first kappa shape index (κ1) is 14.6. The van der Waals surface area contributed by atoms with Crippen molar-refractivity contribution in [1.29, 1.82) is 0 Å². The molecule has 1 fully saturated rings. The van der Waals surface area contributed by atoms with Crippen molar-refractivity contribution in [3.8, 4) is 0 Å². The maximum absolute atomic E-state index is 12.5. The van der Waals surface area contributed by atoms with Crippen molar-refractivity contribution >= 4 is 23.1 Å². The molecule has 0 aliphatic carbocycles. The first-order chi connectivity index (χ1) is 10.7. The topological polar surface area (TPSA) is 49.9 Å². The van der Waals surface area contributed by atoms with Gasteiger partial charge in [-0.2, -0.15) is 0 Å². The van der Waals surface area contributed by atoms with Crippen molar-refractivity contribution in [2.24, 2.45) is 0 Å². The summed E-state index contributed by atoms with van der Waals surface area (Å²) in [5.41, 5.74) is 3.06. The zero-order chi connectivity index (χ0) is 15.7. The van der Waals surface area contributed by atoms with Crippen molar-refractivity contribution in [2.75, 3.05) is 18.2 Å². The molecule has 22 heavy (non-hydrogen) atoms. The Morgan fingerprint density at radius 2 is 2.05 bits per heavy atom. The number of anilines is 1. The second-order valence-electron chi connectivity index (χ2n) is 5.39. The van der Waals surface area contributed by atoms with Crippen LogP contribution < -0.4 is 5.01 Å². The van der Waals surface area contributed by atoms with Gasteiger partial charge in [0.25, 0.3) is 0 Å². The van der Waals surface area contributed by atoms with Crippen LogP contribution in [0, 0.1) is 0 Å². The lowest BCUT2D eigenvalue weighted by Crippen LogP contribution is -2.42. The monoisotopic (exact) mass is 300 g/mol. The number of esters is 1. The normalized spacial score (nSPS) is 16.7. The minimum atomic E-state index is -0.349. The third-order valence-electron chi connectivity index (χ3n) is 3.98. The summed E-state index contributed by atoms with van der Waals surface area (Å²) in [5, 5.41) is 3.66. The minimum absolute atomic E-state index is 0.0414. The highest BCUT2D eigenvalue weighted by Gasteiger charge is 2.40. The van der Waals surface area contributed by atoms with Crippen LogP contribution >= 0.6 is 0 Å². The second-order valence-corrected chi connectivity index (χ2v) is 5.39. The van der Waals surface area contributed by atoms with Gasteiger partial charge in [0.2, 0.25) is 5.91 Å². The Morgan fingerprint density at radius 3 is 2.77 bits per heavy atom. The number of para-hydroxylation sites is 1. The molecule has 0 atom stereocenters. The molecule has 1 aromatic rings. The van der Waals surface area contributed by atoms with E-state index in [1.807, 2.05) is 36.2 Å². The van der Waals surface area contributed by atoms with Crippen LogP contribution in [0.25, 0.3) is 5.57 Å². The fraction of sp³-hybridized carbons (Fsp3) is 0.412. The number of hydrogen-bond acceptors (Lipinski definition) is 4. The molecule has 2 aliphatic heterocycles. The van der Waals surface area contributed by atoms with E-state index in [9.17, 15) is 9.59 Å². The lowest BCUT2D eigenvalue weighted by atomic mass is 9.97. The summed E-state index contributed by atoms with van der Waals surface area (Å²) in [6, 6.07) is 7.71. The van der Waals surface area contributed by atoms with Crippen molar-refractivity contribution in [1.82, 2.24) is 5.01 Å². The van der Waals surface area contributed by atoms with E-state index in [-0.39, 0.29) is 11.9 Å². The van der Waals surface area contributed by atoms with E-state index in [4.69, 9.17) is 4.74 Å². The number of allylic oxidation sites excluding steroid dienone is 1. The molecule has 0 unspecified atom stereocenters. The van der Waals surface area contributed by atoms with Crippen LogP contribution in [0.5, 0.6) is 0 Å². The summed E-state index contributed by atoms with van der Waals surface area (Å²) in [5.74, 6) is -0.308. The number of nitrogens with zero attached hydrogens (tertiary/aromatic N) is 2. The van der Waals surface area contributed by atoms with Gasteiger partial charge in [0, 0.05) is 18.5 Å². The highest BCUT2D eigenvalue weighted by molar-refractivity contribution is 6.20. The average molecular weight is 300 g/mol. The molecule has 1 saturated heterocycles. The summed E-state index contributed by atoms with van der Waals surface area (Å²) in [7, 11) is 0. The van der Waals surface area contributed by atoms with E-state index in [1.165, 1.54) is 0 Å². The Labute approximate surface area is 130 Å². The van der Waals surface area contributed by atoms with E-state index in [2.05, 4.69) is 0 Å². The molecule has 1 aromatic carbocycles. The van der Waals surface area contributed by atoms with E-state index < -0.39 is 0 Å². The number of fused-ring (bicyclic) bond motifs is 3. The number of hydrogen-bond donors (Lipinski definition) is 0. The zero-order valence-electron chi connectivity index (χ0n) is 13.0. The fourth-order valence-electron chi connectivity index (χ4n) is 3.14. The number of ether oxygens (including phenoxy) is 1. The molecule has 3 rings (SSSR count). The first-order valence-corrected chi connectivity index (χ1v) is 7.79. The summed E-state index contributed by atoms with van der Waals surface area (Å²) in [6.07, 6.45) is 2.00. The Balaban J connectivity index is 2.21. The van der Waals surface area contributed by atoms with Gasteiger partial charge in [-0.25, -0.2) is 9.80 Å². The zero-order valence-corrected chi connectivity index (χ0v) is 13.0. The summed E-state index contributed by atoms with van der Waals surface area (Å²) in [6.45, 7) is 4.81. The van der Waals surface area contributed by atoms with Crippen LogP contribution in [0.3, 0.4) is 0 Å². The SMILES string of the molecule is CCCC1=C(C(=O)OCC)c2ccccc2N2CCC(=O)N12. The number of rotatable bonds is 4. The molecule has 0 spiro atoms. The standard InChI is InChI=1S/C17H20N2O3/c1-3-7-14-16(17(21)22-4-2)12-8-5-6-9-13(12)18-11-10-15(20)19(14)18/h5-6,8-9H,3-4,7,10-11H2,1-2H3. The Morgan fingerprint density at radius 1 is 1.27 bits per heavy atom. The molecule has 1 amide bonds. The van der Waals surface area contributed by atoms with Gasteiger partial charge in [-0.1, -0.05) is 31.5 Å². The van der Waals surface area contributed by atoms with Gasteiger partial charge >= 0.3 is 5.97 Å². The Bertz CT molecular complexity index is 651. The van der Waals surface area contributed by atoms with Crippen molar-refractivity contribution in [3.63, 3.8) is 0 Å². The number of benzene rings is 1. The van der Waals surface area contributed by atoms with Crippen molar-refractivity contribution in [3.05, 3.63) is 35.5 Å². The molecule has 2 heterocycles. The lowest BCUT2D eigenvalue weighted by Gasteiger charge is -2.38. The van der Waals surface area contributed by atoms with Gasteiger partial charge in [-0.15, -0.1) is 0 Å². The molecule has 0 bridgehead atoms. The van der Waals surface area contributed by atoms with E-state index in [0.717, 1.165) is 23.4 Å². The quantitative estimate of drug-likeness (QED) is 0.802. The number of carbonyl (C=O) groups excluding carboxylic acids is 2. The summed E-state index contributed by atoms with van der Waals surface area (Å²) < 4.78 is 5.25. The third-order valence-corrected chi connectivity index (χ3v) is 3.98. The van der Waals surface area contributed by atoms with Gasteiger partial charge < -0.3 is 4.74 Å². The predicted molar refractivity (Wildman–Crippen MR) is 83.7 cm³/mol. The Hall–Kier alpha value is -2.30. The highest BCUT2D eigenvalue weighted by Crippen LogP contribution is 2.41. The highest BCUT2D eigenvalue weighted by atomic mass is 16.5. The average Bonchev–Trinajstić information content (AvgIpc) is 2.90. The first-order valence-electron chi connectivity index (χ1n) is 7.79. The molecule has 116 valence electrons. The molecule has 0 N–H and O–H groups in total. The van der Waals surface area contributed by atoms with Crippen LogP contribution in [0.2, 0.25) is 0 Å². The van der Waals surface area contributed by atoms with Crippen LogP contribution in [0.4, 0.5) is 5.69 Å². The van der Waals surface area contributed by atoms with E-state index in [0.29, 0.717) is 31.6 Å². The van der Waals surface area contributed by atoms with Crippen LogP contribution in [-0.2, 0) is 14.3 Å². The van der Waals surface area contributed by atoms with Crippen LogP contribution in [0.1, 0.15) is 38.7 Å². The van der Waals surface area contributed by atoms with Gasteiger partial charge in [-0.05, 0) is 19.4 Å². The summed E-state index contributed by atoms with van der Waals surface area (Å²) >= 11 is 0. The maximum Gasteiger partial charge on any atom is 0.340 e. The van der Waals surface area contributed by atoms with Crippen LogP contribution in [0.15, 0.2) is 30.0 Å². The number of amides is 1. The molecular formula is C17H20N2O3. The molecule has 0 radical (unpaired) electrons. The molecular weight excluding hydrogens is 280 g/mol. The molecule has 5 nitrogen and oxygen atoms in total. The van der Waals surface area contributed by atoms with Gasteiger partial charge in [0.1, 0.15) is 0 Å². The van der Waals surface area contributed by atoms with Crippen LogP contribution in [-0.4, -0.2) is 30.0 Å². The lowest BCUT2D eigenvalue weighted by molar-refractivity contribution is -0.136. The predicted octanol–water partition coefficient (Wildman–Crippen LogP) is 2.73. The molecule has 2 aliphatic rings. The van der Waals surface area contributed by atoms with Crippen molar-refractivity contribution < 1.29 is 14.3 Å². The van der Waals surface area contributed by atoms with Gasteiger partial charge in [-0.3, -0.25) is 9.80 Å². The van der Waals surface area contributed by atoms with E-state index in [1.54, 1.807) is 11.9 Å². The third kappa shape index (κ3) is 2.17. The largest absolute Gasteiger partial charge is 0.462 e. The molecule has 0 saturated carbocycles. The molecule has 0 aromatic heterocycles. The molecule has 5 heteroatoms. The Kier molecular flexibility index (Phi) is 3.88. The van der Waals surface area contributed by atoms with Crippen molar-refractivity contribution in [2.45, 2.75) is 33.1 Å². The van der Waals surface area contributed by atoms with Gasteiger partial charge in [0.15, 0.2) is 0 Å². The number of hydrazine groups is 1. The summed E-state index contributed by atoms with van der Waals surface area (Å²) in [4.78, 5) is 24.8. The minimum Gasteiger partial charge on any atom is -0.462 e. The van der Waals surface area contributed by atoms with E-state index >= 15 is 0 Å². The smallest absolute Gasteiger partial charge is 0.340 e. The maximum atomic E-state index is 12.5. The second kappa shape index (κ2) is 5.83. The van der Waals surface area contributed by atoms with Gasteiger partial charge in [0.05, 0.1) is 23.6 Å².